The van der Waals surface area contributed by atoms with Crippen molar-refractivity contribution in [2.24, 2.45) is 45.3 Å². The summed E-state index contributed by atoms with van der Waals surface area (Å²) in [5, 5.41) is 0. The van der Waals surface area contributed by atoms with Gasteiger partial charge in [-0.2, -0.15) is 0 Å². The first-order valence-electron chi connectivity index (χ1n) is 11.9. The summed E-state index contributed by atoms with van der Waals surface area (Å²) in [6.07, 6.45) is 0. The minimum atomic E-state index is -1.97. The Kier molecular flexibility index (Phi) is 5.67. The summed E-state index contributed by atoms with van der Waals surface area (Å²) in [5.41, 5.74) is -1.45. The Labute approximate surface area is 252 Å². The molecule has 8 atom stereocenters. The van der Waals surface area contributed by atoms with Gasteiger partial charge in [-0.3, -0.25) is 9.59 Å². The topological polar surface area (TPSA) is 34.1 Å². The summed E-state index contributed by atoms with van der Waals surface area (Å²) in [6.45, 7) is 14.6. The van der Waals surface area contributed by atoms with Crippen molar-refractivity contribution in [1.82, 2.24) is 0 Å². The molecule has 0 saturated heterocycles. The Morgan fingerprint density at radius 3 is 0.694 bits per heavy atom. The maximum absolute atomic E-state index is 14.2. The Morgan fingerprint density at radius 2 is 0.556 bits per heavy atom. The highest BCUT2D eigenvalue weighted by molar-refractivity contribution is 6.65. The molecule has 4 bridgehead atoms. The molecule has 0 aliphatic heterocycles. The molecular weight excluding hydrogens is 628 g/mol. The lowest BCUT2D eigenvalue weighted by Crippen LogP contribution is -2.69. The first kappa shape index (κ1) is 28.7. The lowest BCUT2D eigenvalue weighted by molar-refractivity contribution is -0.130. The molecule has 10 heteroatoms. The predicted octanol–water partition coefficient (Wildman–Crippen LogP) is 9.05. The van der Waals surface area contributed by atoms with Gasteiger partial charge in [-0.25, -0.2) is 0 Å². The normalized spacial score (nSPS) is 51.4. The molecule has 0 heterocycles. The van der Waals surface area contributed by atoms with Crippen molar-refractivity contribution < 1.29 is 9.59 Å². The van der Waals surface area contributed by atoms with Gasteiger partial charge >= 0.3 is 0 Å². The van der Waals surface area contributed by atoms with Crippen molar-refractivity contribution in [2.75, 3.05) is 0 Å². The number of allylic oxidation sites excluding steroid dienone is 4. The zero-order chi connectivity index (χ0) is 27.8. The van der Waals surface area contributed by atoms with Gasteiger partial charge in [-0.15, -0.1) is 0 Å². The summed E-state index contributed by atoms with van der Waals surface area (Å²) in [6, 6.07) is 0. The van der Waals surface area contributed by atoms with E-state index in [2.05, 4.69) is 0 Å². The van der Waals surface area contributed by atoms with Crippen LogP contribution in [0.5, 0.6) is 0 Å². The fourth-order valence-electron chi connectivity index (χ4n) is 9.27. The molecule has 36 heavy (non-hydrogen) atoms. The molecule has 0 aromatic rings. The Morgan fingerprint density at radius 1 is 0.417 bits per heavy atom. The molecule has 0 radical (unpaired) electrons. The standard InChI is InChI=1S/C26H28Cl8O2/c1-9-10(2)20(6)14-13(19(9,5)17(20)35)23(27,28)25(31,32)15-16(26(33,34)24(14,29)30)22(8)12(4)11(3)21(15,7)18(22)36/h13-16H,1-8H3/t13-,14+,15+,16-,19-,20-,21-,22+/m0/s1. The van der Waals surface area contributed by atoms with E-state index in [4.69, 9.17) is 92.8 Å². The number of halogens is 8. The molecule has 5 rings (SSSR count). The first-order valence-corrected chi connectivity index (χ1v) is 14.9. The lowest BCUT2D eigenvalue weighted by Gasteiger charge is -2.62. The van der Waals surface area contributed by atoms with Gasteiger partial charge < -0.3 is 0 Å². The van der Waals surface area contributed by atoms with Crippen LogP contribution in [-0.2, 0) is 9.59 Å². The lowest BCUT2D eigenvalue weighted by atomic mass is 9.54. The van der Waals surface area contributed by atoms with Crippen LogP contribution >= 0.6 is 92.8 Å². The van der Waals surface area contributed by atoms with Gasteiger partial charge in [0.2, 0.25) is 0 Å². The Bertz CT molecular complexity index is 1050. The number of carbonyl (C=O) groups excluding carboxylic acids is 2. The highest BCUT2D eigenvalue weighted by Gasteiger charge is 2.88. The molecule has 2 nitrogen and oxygen atoms in total. The van der Waals surface area contributed by atoms with E-state index in [-0.39, 0.29) is 11.6 Å². The smallest absolute Gasteiger partial charge is 0.155 e. The zero-order valence-electron chi connectivity index (χ0n) is 21.1. The van der Waals surface area contributed by atoms with E-state index in [9.17, 15) is 9.59 Å². The molecule has 0 aromatic heterocycles. The van der Waals surface area contributed by atoms with Crippen LogP contribution in [0.2, 0.25) is 0 Å². The SMILES string of the molecule is CC1=C(C)[C@]2(C)C(=O)[C@@]1(C)[C@@H]1[C@H]2C(Cl)(Cl)C(Cl)(Cl)[C@H]2[C@@H](C(Cl)(Cl)C1(Cl)Cl)[C@@]1(C)C(=O)[C@@]2(C)C(C)=C1C. The number of rotatable bonds is 0. The van der Waals surface area contributed by atoms with E-state index in [1.165, 1.54) is 0 Å². The van der Waals surface area contributed by atoms with Crippen LogP contribution in [0.15, 0.2) is 22.3 Å². The van der Waals surface area contributed by atoms with Crippen molar-refractivity contribution in [3.05, 3.63) is 22.3 Å². The summed E-state index contributed by atoms with van der Waals surface area (Å²) in [4.78, 5) is 28.4. The highest BCUT2D eigenvalue weighted by atomic mass is 35.5. The number of hydrogen-bond acceptors (Lipinski definition) is 2. The molecular formula is C26H28Cl8O2. The van der Waals surface area contributed by atoms with Crippen molar-refractivity contribution in [2.45, 2.75) is 72.7 Å². The molecule has 0 N–H and O–H groups in total. The molecule has 0 aromatic carbocycles. The molecule has 3 saturated carbocycles. The minimum absolute atomic E-state index is 0.126. The second kappa shape index (κ2) is 7.13. The van der Waals surface area contributed by atoms with Crippen LogP contribution in [0.4, 0.5) is 0 Å². The summed E-state index contributed by atoms with van der Waals surface area (Å²) < 4.78 is -7.87. The Hall–Kier alpha value is 1.14. The van der Waals surface area contributed by atoms with E-state index < -0.39 is 62.7 Å². The van der Waals surface area contributed by atoms with E-state index in [1.807, 2.05) is 27.7 Å². The number of hydrogen-bond donors (Lipinski definition) is 0. The van der Waals surface area contributed by atoms with Gasteiger partial charge in [0.05, 0.1) is 21.7 Å². The molecule has 0 spiro atoms. The molecule has 0 unspecified atom stereocenters. The third kappa shape index (κ3) is 2.38. The maximum Gasteiger partial charge on any atom is 0.155 e. The summed E-state index contributed by atoms with van der Waals surface area (Å²) in [7, 11) is 0. The van der Waals surface area contributed by atoms with E-state index >= 15 is 0 Å². The van der Waals surface area contributed by atoms with Gasteiger partial charge in [0, 0.05) is 23.7 Å². The molecule has 5 aliphatic carbocycles. The van der Waals surface area contributed by atoms with Gasteiger partial charge in [0.1, 0.15) is 0 Å². The third-order valence-corrected chi connectivity index (χ3v) is 16.8. The number of carbonyl (C=O) groups is 2. The largest absolute Gasteiger partial charge is 0.298 e. The third-order valence-electron chi connectivity index (χ3n) is 11.7. The number of fused-ring (bicyclic) bond motifs is 10. The predicted molar refractivity (Wildman–Crippen MR) is 151 cm³/mol. The number of alkyl halides is 8. The highest BCUT2D eigenvalue weighted by Crippen LogP contribution is 2.84. The van der Waals surface area contributed by atoms with Crippen molar-refractivity contribution >= 4 is 104 Å². The molecule has 200 valence electrons. The Balaban J connectivity index is 1.94. The monoisotopic (exact) mass is 652 g/mol. The van der Waals surface area contributed by atoms with E-state index in [1.54, 1.807) is 27.7 Å². The first-order chi connectivity index (χ1) is 15.9. The average molecular weight is 656 g/mol. The summed E-state index contributed by atoms with van der Waals surface area (Å²) in [5.74, 6) is -4.05. The van der Waals surface area contributed by atoms with Crippen LogP contribution in [0.3, 0.4) is 0 Å². The van der Waals surface area contributed by atoms with E-state index in [0.717, 1.165) is 22.3 Å². The second-order valence-electron chi connectivity index (χ2n) is 12.4. The van der Waals surface area contributed by atoms with Gasteiger partial charge in [-0.05, 0) is 55.4 Å². The van der Waals surface area contributed by atoms with Crippen molar-refractivity contribution in [3.63, 3.8) is 0 Å². The molecule has 3 fully saturated rings. The quantitative estimate of drug-likeness (QED) is 0.193. The van der Waals surface area contributed by atoms with Crippen molar-refractivity contribution in [1.29, 1.82) is 0 Å². The minimum Gasteiger partial charge on any atom is -0.298 e. The average Bonchev–Trinajstić information content (AvgIpc) is 3.19. The molecule has 0 amide bonds. The van der Waals surface area contributed by atoms with Crippen LogP contribution < -0.4 is 0 Å². The zero-order valence-corrected chi connectivity index (χ0v) is 27.2. The maximum atomic E-state index is 14.2. The van der Waals surface area contributed by atoms with Crippen LogP contribution in [-0.4, -0.2) is 28.9 Å². The number of Topliss-reactive ketones (excluding diaryl/α,β-unsaturated/α-hetero) is 2. The van der Waals surface area contributed by atoms with Crippen LogP contribution in [0.25, 0.3) is 0 Å². The number of ketones is 2. The summed E-state index contributed by atoms with van der Waals surface area (Å²) >= 11 is 58.6. The van der Waals surface area contributed by atoms with Crippen LogP contribution in [0.1, 0.15) is 55.4 Å². The second-order valence-corrected chi connectivity index (χ2v) is 17.9. The fraction of sp³-hybridized carbons (Fsp3) is 0.769. The molecule has 5 aliphatic rings. The van der Waals surface area contributed by atoms with Gasteiger partial charge in [-0.1, -0.05) is 115 Å². The fourth-order valence-corrected chi connectivity index (χ4v) is 13.0. The van der Waals surface area contributed by atoms with Crippen LogP contribution in [0, 0.1) is 45.3 Å². The van der Waals surface area contributed by atoms with Crippen molar-refractivity contribution in [3.8, 4) is 0 Å². The van der Waals surface area contributed by atoms with Gasteiger partial charge in [0.25, 0.3) is 0 Å². The van der Waals surface area contributed by atoms with Gasteiger partial charge in [0.15, 0.2) is 28.9 Å². The van der Waals surface area contributed by atoms with E-state index in [0.29, 0.717) is 0 Å².